The van der Waals surface area contributed by atoms with Gasteiger partial charge in [-0.25, -0.2) is 4.79 Å². The molecule has 1 saturated carbocycles. The van der Waals surface area contributed by atoms with Gasteiger partial charge in [0.1, 0.15) is 0 Å². The lowest BCUT2D eigenvalue weighted by Crippen LogP contribution is -2.59. The van der Waals surface area contributed by atoms with E-state index in [1.54, 1.807) is 19.1 Å². The minimum Gasteiger partial charge on any atom is -0.462 e. The van der Waals surface area contributed by atoms with E-state index in [1.807, 2.05) is 6.92 Å². The first-order chi connectivity index (χ1) is 11.7. The Morgan fingerprint density at radius 3 is 2.32 bits per heavy atom. The van der Waals surface area contributed by atoms with Gasteiger partial charge in [0, 0.05) is 17.9 Å². The molecule has 0 unspecified atom stereocenters. The monoisotopic (exact) mass is 367 g/mol. The number of quaternary nitrogens is 1. The summed E-state index contributed by atoms with van der Waals surface area (Å²) < 4.78 is 5.81. The first-order valence-electron chi connectivity index (χ1n) is 8.88. The van der Waals surface area contributed by atoms with Crippen LogP contribution in [0.3, 0.4) is 0 Å². The van der Waals surface area contributed by atoms with E-state index in [9.17, 15) is 9.59 Å². The van der Waals surface area contributed by atoms with Crippen molar-refractivity contribution in [1.29, 1.82) is 0 Å². The van der Waals surface area contributed by atoms with Crippen molar-refractivity contribution in [1.82, 2.24) is 0 Å². The summed E-state index contributed by atoms with van der Waals surface area (Å²) in [5.74, 6) is -0.508. The van der Waals surface area contributed by atoms with Crippen LogP contribution in [0.15, 0.2) is 12.1 Å². The predicted molar refractivity (Wildman–Crippen MR) is 100 cm³/mol. The molecule has 0 heterocycles. The predicted octanol–water partition coefficient (Wildman–Crippen LogP) is 3.78. The van der Waals surface area contributed by atoms with Crippen molar-refractivity contribution in [3.8, 4) is 0 Å². The number of aryl methyl sites for hydroxylation is 1. The zero-order valence-corrected chi connectivity index (χ0v) is 16.5. The maximum Gasteiger partial charge on any atom is 0.340 e. The number of esters is 1. The molecule has 1 aromatic rings. The molecule has 138 valence electrons. The highest BCUT2D eigenvalue weighted by molar-refractivity contribution is 6.31. The molecule has 0 radical (unpaired) electrons. The second-order valence-electron chi connectivity index (χ2n) is 6.88. The van der Waals surface area contributed by atoms with Crippen LogP contribution in [0.1, 0.15) is 49.5 Å². The average Bonchev–Trinajstić information content (AvgIpc) is 3.38. The van der Waals surface area contributed by atoms with Crippen LogP contribution in [0.25, 0.3) is 0 Å². The molecule has 1 aliphatic rings. The highest BCUT2D eigenvalue weighted by atomic mass is 35.5. The summed E-state index contributed by atoms with van der Waals surface area (Å²) in [6.45, 7) is 9.82. The summed E-state index contributed by atoms with van der Waals surface area (Å²) in [6.07, 6.45) is 1.72. The molecule has 0 atom stereocenters. The van der Waals surface area contributed by atoms with Crippen LogP contribution in [0.5, 0.6) is 0 Å². The molecule has 0 aromatic heterocycles. The van der Waals surface area contributed by atoms with Crippen molar-refractivity contribution in [3.05, 3.63) is 28.3 Å². The van der Waals surface area contributed by atoms with Gasteiger partial charge in [0.2, 0.25) is 0 Å². The van der Waals surface area contributed by atoms with Crippen LogP contribution in [-0.2, 0) is 9.53 Å². The van der Waals surface area contributed by atoms with Crippen LogP contribution in [0.2, 0.25) is 5.02 Å². The fourth-order valence-corrected chi connectivity index (χ4v) is 3.74. The molecular weight excluding hydrogens is 340 g/mol. The maximum absolute atomic E-state index is 13.1. The summed E-state index contributed by atoms with van der Waals surface area (Å²) in [5, 5.41) is 3.46. The molecule has 0 spiro atoms. The SMILES string of the molecule is CCOC(=O)c1cc(Cl)cc(C)c1NC(=O)C1([N+](C)(CC)CC)CC1. The van der Waals surface area contributed by atoms with Crippen molar-refractivity contribution in [3.63, 3.8) is 0 Å². The Kier molecular flexibility index (Phi) is 5.79. The summed E-state index contributed by atoms with van der Waals surface area (Å²) in [6, 6.07) is 3.29. The van der Waals surface area contributed by atoms with Crippen LogP contribution in [-0.4, -0.2) is 48.6 Å². The number of hydrogen-bond acceptors (Lipinski definition) is 3. The zero-order valence-electron chi connectivity index (χ0n) is 15.7. The average molecular weight is 368 g/mol. The number of nitrogens with one attached hydrogen (secondary N) is 1. The van der Waals surface area contributed by atoms with Gasteiger partial charge in [-0.15, -0.1) is 0 Å². The van der Waals surface area contributed by atoms with E-state index in [2.05, 4.69) is 26.2 Å². The molecule has 6 heteroatoms. The minimum absolute atomic E-state index is 0.0327. The molecule has 1 N–H and O–H groups in total. The second kappa shape index (κ2) is 7.34. The highest BCUT2D eigenvalue weighted by Crippen LogP contribution is 2.47. The first kappa shape index (κ1) is 19.7. The molecule has 1 amide bonds. The lowest BCUT2D eigenvalue weighted by Gasteiger charge is -2.40. The van der Waals surface area contributed by atoms with E-state index >= 15 is 0 Å². The van der Waals surface area contributed by atoms with Gasteiger partial charge in [-0.3, -0.25) is 4.79 Å². The number of anilines is 1. The van der Waals surface area contributed by atoms with Gasteiger partial charge in [-0.2, -0.15) is 0 Å². The number of carbonyl (C=O) groups excluding carboxylic acids is 2. The molecule has 1 aliphatic carbocycles. The lowest BCUT2D eigenvalue weighted by atomic mass is 10.1. The van der Waals surface area contributed by atoms with Crippen molar-refractivity contribution >= 4 is 29.2 Å². The Bertz CT molecular complexity index is 679. The van der Waals surface area contributed by atoms with Gasteiger partial charge < -0.3 is 14.5 Å². The smallest absolute Gasteiger partial charge is 0.340 e. The number of rotatable bonds is 7. The molecular formula is C19H28ClN2O3+. The number of likely N-dealkylation sites (N-methyl/N-ethyl adjacent to an activating group) is 1. The third-order valence-corrected chi connectivity index (χ3v) is 5.83. The van der Waals surface area contributed by atoms with E-state index < -0.39 is 11.5 Å². The molecule has 1 fully saturated rings. The highest BCUT2D eigenvalue weighted by Gasteiger charge is 2.63. The number of benzene rings is 1. The lowest BCUT2D eigenvalue weighted by molar-refractivity contribution is -0.931. The molecule has 1 aromatic carbocycles. The van der Waals surface area contributed by atoms with Crippen LogP contribution in [0, 0.1) is 6.92 Å². The normalized spacial score (nSPS) is 15.6. The zero-order chi connectivity index (χ0) is 18.8. The number of amides is 1. The standard InChI is InChI=1S/C19H27ClN2O3/c1-6-22(5,7-2)19(9-10-19)18(24)21-16-13(4)11-14(20)12-15(16)17(23)25-8-3/h11-12H,6-10H2,1-5H3/p+1. The van der Waals surface area contributed by atoms with Crippen LogP contribution < -0.4 is 5.32 Å². The first-order valence-corrected chi connectivity index (χ1v) is 9.25. The van der Waals surface area contributed by atoms with Crippen molar-refractivity contribution in [2.24, 2.45) is 0 Å². The third-order valence-electron chi connectivity index (χ3n) is 5.61. The number of halogens is 1. The Hall–Kier alpha value is -1.59. The van der Waals surface area contributed by atoms with Crippen molar-refractivity contribution in [2.75, 3.05) is 32.1 Å². The number of ether oxygens (including phenoxy) is 1. The van der Waals surface area contributed by atoms with Crippen molar-refractivity contribution in [2.45, 2.75) is 46.1 Å². The van der Waals surface area contributed by atoms with Crippen LogP contribution in [0.4, 0.5) is 5.69 Å². The third kappa shape index (κ3) is 3.53. The van der Waals surface area contributed by atoms with E-state index in [4.69, 9.17) is 16.3 Å². The van der Waals surface area contributed by atoms with Gasteiger partial charge in [0.05, 0.1) is 38.0 Å². The minimum atomic E-state index is -0.475. The summed E-state index contributed by atoms with van der Waals surface area (Å²) in [5.41, 5.74) is 1.14. The Morgan fingerprint density at radius 1 is 1.24 bits per heavy atom. The summed E-state index contributed by atoms with van der Waals surface area (Å²) in [7, 11) is 2.12. The molecule has 0 saturated heterocycles. The largest absolute Gasteiger partial charge is 0.462 e. The molecule has 0 aliphatic heterocycles. The number of carbonyl (C=O) groups is 2. The van der Waals surface area contributed by atoms with E-state index in [0.29, 0.717) is 20.8 Å². The van der Waals surface area contributed by atoms with Gasteiger partial charge >= 0.3 is 5.97 Å². The summed E-state index contributed by atoms with van der Waals surface area (Å²) >= 11 is 6.10. The number of hydrogen-bond donors (Lipinski definition) is 1. The van der Waals surface area contributed by atoms with E-state index in [1.165, 1.54) is 0 Å². The topological polar surface area (TPSA) is 55.4 Å². The second-order valence-corrected chi connectivity index (χ2v) is 7.32. The molecule has 0 bridgehead atoms. The van der Waals surface area contributed by atoms with Crippen molar-refractivity contribution < 1.29 is 18.8 Å². The number of nitrogens with zero attached hydrogens (tertiary/aromatic N) is 1. The molecule has 5 nitrogen and oxygen atoms in total. The fourth-order valence-electron chi connectivity index (χ4n) is 3.47. The van der Waals surface area contributed by atoms with Crippen LogP contribution >= 0.6 is 11.6 Å². The van der Waals surface area contributed by atoms with Gasteiger partial charge in [0.15, 0.2) is 5.54 Å². The Balaban J connectivity index is 2.37. The fraction of sp³-hybridized carbons (Fsp3) is 0.579. The van der Waals surface area contributed by atoms with E-state index in [0.717, 1.165) is 31.5 Å². The molecule has 25 heavy (non-hydrogen) atoms. The van der Waals surface area contributed by atoms with Gasteiger partial charge in [0.25, 0.3) is 5.91 Å². The van der Waals surface area contributed by atoms with E-state index in [-0.39, 0.29) is 12.5 Å². The quantitative estimate of drug-likeness (QED) is 0.589. The Labute approximate surface area is 154 Å². The van der Waals surface area contributed by atoms with Gasteiger partial charge in [-0.1, -0.05) is 11.6 Å². The van der Waals surface area contributed by atoms with Gasteiger partial charge in [-0.05, 0) is 45.4 Å². The summed E-state index contributed by atoms with van der Waals surface area (Å²) in [4.78, 5) is 25.4. The Morgan fingerprint density at radius 2 is 1.84 bits per heavy atom. The maximum atomic E-state index is 13.1. The molecule has 2 rings (SSSR count).